The van der Waals surface area contributed by atoms with Gasteiger partial charge in [-0.2, -0.15) is 13.2 Å². The molecule has 5 heteroatoms. The minimum atomic E-state index is -4.33. The highest BCUT2D eigenvalue weighted by Gasteiger charge is 2.33. The van der Waals surface area contributed by atoms with Crippen LogP contribution in [0.4, 0.5) is 18.9 Å². The molecule has 0 amide bonds. The Hall–Kier alpha value is -1.23. The van der Waals surface area contributed by atoms with Gasteiger partial charge in [0.05, 0.1) is 17.8 Å². The van der Waals surface area contributed by atoms with Crippen molar-refractivity contribution in [3.8, 4) is 0 Å². The van der Waals surface area contributed by atoms with E-state index in [-0.39, 0.29) is 17.9 Å². The summed E-state index contributed by atoms with van der Waals surface area (Å²) in [6, 6.07) is 5.51. The quantitative estimate of drug-likeness (QED) is 0.894. The van der Waals surface area contributed by atoms with Crippen LogP contribution < -0.4 is 5.32 Å². The predicted molar refractivity (Wildman–Crippen MR) is 63.5 cm³/mol. The molecule has 0 aromatic heterocycles. The normalized spacial score (nSPS) is 24.2. The van der Waals surface area contributed by atoms with E-state index >= 15 is 0 Å². The smallest absolute Gasteiger partial charge is 0.382 e. The molecular weight excluding hydrogens is 243 g/mol. The average Bonchev–Trinajstić information content (AvgIpc) is 2.72. The maximum atomic E-state index is 12.7. The first-order valence-corrected chi connectivity index (χ1v) is 6.02. The van der Waals surface area contributed by atoms with Crippen LogP contribution in [0.25, 0.3) is 0 Å². The zero-order chi connectivity index (χ0) is 13.2. The van der Waals surface area contributed by atoms with Gasteiger partial charge in [0.15, 0.2) is 0 Å². The van der Waals surface area contributed by atoms with Gasteiger partial charge in [-0.1, -0.05) is 12.1 Å². The monoisotopic (exact) mass is 259 g/mol. The summed E-state index contributed by atoms with van der Waals surface area (Å²) in [5.74, 6) is 0. The molecule has 2 unspecified atom stereocenters. The van der Waals surface area contributed by atoms with Crippen molar-refractivity contribution in [3.63, 3.8) is 0 Å². The highest BCUT2D eigenvalue weighted by atomic mass is 19.4. The molecule has 0 spiro atoms. The molecule has 100 valence electrons. The lowest BCUT2D eigenvalue weighted by molar-refractivity contribution is -0.137. The Kier molecular flexibility index (Phi) is 3.80. The summed E-state index contributed by atoms with van der Waals surface area (Å²) < 4.78 is 43.8. The molecule has 1 aromatic rings. The third-order valence-corrected chi connectivity index (χ3v) is 3.07. The zero-order valence-corrected chi connectivity index (χ0v) is 10.1. The van der Waals surface area contributed by atoms with Gasteiger partial charge in [0.25, 0.3) is 0 Å². The molecule has 1 aromatic carbocycles. The van der Waals surface area contributed by atoms with Gasteiger partial charge in [0, 0.05) is 12.2 Å². The number of rotatable bonds is 3. The number of hydrogen-bond donors (Lipinski definition) is 1. The maximum Gasteiger partial charge on any atom is 0.418 e. The summed E-state index contributed by atoms with van der Waals surface area (Å²) >= 11 is 0. The fraction of sp³-hybridized carbons (Fsp3) is 0.538. The van der Waals surface area contributed by atoms with Crippen molar-refractivity contribution in [1.82, 2.24) is 0 Å². The molecule has 1 fully saturated rings. The second-order valence-corrected chi connectivity index (χ2v) is 4.57. The molecule has 18 heavy (non-hydrogen) atoms. The van der Waals surface area contributed by atoms with E-state index in [0.29, 0.717) is 6.54 Å². The zero-order valence-electron chi connectivity index (χ0n) is 10.1. The lowest BCUT2D eigenvalue weighted by Crippen LogP contribution is -2.21. The molecular formula is C13H16F3NO. The molecule has 1 N–H and O–H groups in total. The van der Waals surface area contributed by atoms with E-state index < -0.39 is 11.7 Å². The lowest BCUT2D eigenvalue weighted by Gasteiger charge is -2.17. The SMILES string of the molecule is CC1CCC(CNc2ccccc2C(F)(F)F)O1. The molecule has 0 aliphatic carbocycles. The standard InChI is InChI=1S/C13H16F3NO/c1-9-6-7-10(18-9)8-17-12-5-3-2-4-11(12)13(14,15)16/h2-5,9-10,17H,6-8H2,1H3. The number of hydrogen-bond acceptors (Lipinski definition) is 2. The van der Waals surface area contributed by atoms with Gasteiger partial charge in [-0.15, -0.1) is 0 Å². The molecule has 1 aliphatic rings. The van der Waals surface area contributed by atoms with Crippen molar-refractivity contribution < 1.29 is 17.9 Å². The van der Waals surface area contributed by atoms with Crippen molar-refractivity contribution in [1.29, 1.82) is 0 Å². The molecule has 0 bridgehead atoms. The lowest BCUT2D eigenvalue weighted by atomic mass is 10.1. The Morgan fingerprint density at radius 2 is 2.00 bits per heavy atom. The van der Waals surface area contributed by atoms with Crippen molar-refractivity contribution in [2.24, 2.45) is 0 Å². The summed E-state index contributed by atoms with van der Waals surface area (Å²) in [6.07, 6.45) is -2.26. The maximum absolute atomic E-state index is 12.7. The molecule has 2 rings (SSSR count). The van der Waals surface area contributed by atoms with Crippen LogP contribution in [0, 0.1) is 0 Å². The summed E-state index contributed by atoms with van der Waals surface area (Å²) in [6.45, 7) is 2.39. The Morgan fingerprint density at radius 3 is 2.61 bits per heavy atom. The third-order valence-electron chi connectivity index (χ3n) is 3.07. The number of halogens is 3. The van der Waals surface area contributed by atoms with Gasteiger partial charge in [-0.05, 0) is 31.9 Å². The van der Waals surface area contributed by atoms with Gasteiger partial charge in [0.2, 0.25) is 0 Å². The second kappa shape index (κ2) is 5.18. The van der Waals surface area contributed by atoms with E-state index in [4.69, 9.17) is 4.74 Å². The molecule has 1 saturated heterocycles. The number of benzene rings is 1. The van der Waals surface area contributed by atoms with Gasteiger partial charge in [-0.3, -0.25) is 0 Å². The van der Waals surface area contributed by atoms with Gasteiger partial charge < -0.3 is 10.1 Å². The average molecular weight is 259 g/mol. The molecule has 1 heterocycles. The fourth-order valence-corrected chi connectivity index (χ4v) is 2.14. The minimum absolute atomic E-state index is 0.00119. The number of nitrogens with one attached hydrogen (secondary N) is 1. The van der Waals surface area contributed by atoms with Gasteiger partial charge >= 0.3 is 6.18 Å². The predicted octanol–water partition coefficient (Wildman–Crippen LogP) is 3.68. The molecule has 0 radical (unpaired) electrons. The Morgan fingerprint density at radius 1 is 1.28 bits per heavy atom. The minimum Gasteiger partial charge on any atom is -0.382 e. The number of alkyl halides is 3. The topological polar surface area (TPSA) is 21.3 Å². The van der Waals surface area contributed by atoms with Crippen molar-refractivity contribution in [2.45, 2.75) is 38.1 Å². The number of ether oxygens (including phenoxy) is 1. The number of para-hydroxylation sites is 1. The highest BCUT2D eigenvalue weighted by Crippen LogP contribution is 2.34. The summed E-state index contributed by atoms with van der Waals surface area (Å²) in [4.78, 5) is 0. The molecule has 1 aliphatic heterocycles. The third kappa shape index (κ3) is 3.16. The van der Waals surface area contributed by atoms with Crippen molar-refractivity contribution in [2.75, 3.05) is 11.9 Å². The Balaban J connectivity index is 2.01. The first kappa shape index (κ1) is 13.2. The second-order valence-electron chi connectivity index (χ2n) is 4.57. The van der Waals surface area contributed by atoms with E-state index in [9.17, 15) is 13.2 Å². The van der Waals surface area contributed by atoms with Crippen LogP contribution in [-0.4, -0.2) is 18.8 Å². The highest BCUT2D eigenvalue weighted by molar-refractivity contribution is 5.52. The van der Waals surface area contributed by atoms with Crippen molar-refractivity contribution >= 4 is 5.69 Å². The first-order chi connectivity index (χ1) is 8.47. The summed E-state index contributed by atoms with van der Waals surface area (Å²) in [5, 5.41) is 2.84. The van der Waals surface area contributed by atoms with Gasteiger partial charge in [-0.25, -0.2) is 0 Å². The first-order valence-electron chi connectivity index (χ1n) is 6.02. The fourth-order valence-electron chi connectivity index (χ4n) is 2.14. The molecule has 2 atom stereocenters. The Bertz CT molecular complexity index is 405. The van der Waals surface area contributed by atoms with Crippen LogP contribution in [-0.2, 0) is 10.9 Å². The van der Waals surface area contributed by atoms with Crippen LogP contribution in [0.3, 0.4) is 0 Å². The number of anilines is 1. The van der Waals surface area contributed by atoms with Crippen LogP contribution in [0.2, 0.25) is 0 Å². The molecule has 0 saturated carbocycles. The van der Waals surface area contributed by atoms with E-state index in [2.05, 4.69) is 5.32 Å². The summed E-state index contributed by atoms with van der Waals surface area (Å²) in [7, 11) is 0. The van der Waals surface area contributed by atoms with Crippen LogP contribution in [0.15, 0.2) is 24.3 Å². The van der Waals surface area contributed by atoms with Crippen LogP contribution >= 0.6 is 0 Å². The summed E-state index contributed by atoms with van der Waals surface area (Å²) in [5.41, 5.74) is -0.510. The van der Waals surface area contributed by atoms with E-state index in [1.807, 2.05) is 6.92 Å². The van der Waals surface area contributed by atoms with Crippen LogP contribution in [0.1, 0.15) is 25.3 Å². The van der Waals surface area contributed by atoms with Gasteiger partial charge in [0.1, 0.15) is 0 Å². The van der Waals surface area contributed by atoms with E-state index in [1.165, 1.54) is 12.1 Å². The van der Waals surface area contributed by atoms with Crippen molar-refractivity contribution in [3.05, 3.63) is 29.8 Å². The Labute approximate surface area is 104 Å². The van der Waals surface area contributed by atoms with Crippen LogP contribution in [0.5, 0.6) is 0 Å². The largest absolute Gasteiger partial charge is 0.418 e. The molecule has 2 nitrogen and oxygen atoms in total. The van der Waals surface area contributed by atoms with E-state index in [1.54, 1.807) is 6.07 Å². The van der Waals surface area contributed by atoms with E-state index in [0.717, 1.165) is 18.9 Å².